The van der Waals surface area contributed by atoms with E-state index in [2.05, 4.69) is 30.2 Å². The topological polar surface area (TPSA) is 90.0 Å². The zero-order valence-electron chi connectivity index (χ0n) is 15.5. The highest BCUT2D eigenvalue weighted by molar-refractivity contribution is 6.29. The van der Waals surface area contributed by atoms with Crippen LogP contribution >= 0.6 is 11.6 Å². The third-order valence-corrected chi connectivity index (χ3v) is 4.85. The molecule has 0 saturated carbocycles. The molecule has 0 bridgehead atoms. The number of aryl methyl sites for hydroxylation is 2. The molecule has 0 atom stereocenters. The van der Waals surface area contributed by atoms with Gasteiger partial charge in [0.15, 0.2) is 11.5 Å². The Morgan fingerprint density at radius 2 is 1.96 bits per heavy atom. The number of nitrogens with one attached hydrogen (secondary N) is 1. The number of carbonyl (C=O) groups excluding carboxylic acids is 1. The first-order valence-corrected chi connectivity index (χ1v) is 9.53. The number of halogens is 1. The van der Waals surface area contributed by atoms with E-state index in [0.29, 0.717) is 48.9 Å². The first-order chi connectivity index (χ1) is 13.6. The van der Waals surface area contributed by atoms with Crippen molar-refractivity contribution in [3.05, 3.63) is 53.2 Å². The summed E-state index contributed by atoms with van der Waals surface area (Å²) in [6.45, 7) is 0.557. The molecular formula is C19H20ClN7O. The van der Waals surface area contributed by atoms with Crippen LogP contribution in [0.2, 0.25) is 5.15 Å². The molecule has 3 heterocycles. The summed E-state index contributed by atoms with van der Waals surface area (Å²) in [6.07, 6.45) is 2.37. The molecule has 4 rings (SSSR count). The number of benzene rings is 1. The average molecular weight is 398 g/mol. The fourth-order valence-corrected chi connectivity index (χ4v) is 3.33. The normalized spacial score (nSPS) is 11.4. The van der Waals surface area contributed by atoms with Crippen LogP contribution in [0, 0.1) is 0 Å². The second-order valence-electron chi connectivity index (χ2n) is 6.57. The van der Waals surface area contributed by atoms with E-state index in [1.165, 1.54) is 0 Å². The van der Waals surface area contributed by atoms with Crippen LogP contribution in [0.5, 0.6) is 0 Å². The van der Waals surface area contributed by atoms with Gasteiger partial charge in [-0.1, -0.05) is 23.7 Å². The van der Waals surface area contributed by atoms with E-state index in [0.717, 1.165) is 16.9 Å². The summed E-state index contributed by atoms with van der Waals surface area (Å²) in [4.78, 5) is 16.7. The third kappa shape index (κ3) is 3.82. The van der Waals surface area contributed by atoms with E-state index < -0.39 is 0 Å². The highest BCUT2D eigenvalue weighted by Gasteiger charge is 2.10. The summed E-state index contributed by atoms with van der Waals surface area (Å²) in [5.74, 6) is 1.67. The molecule has 0 unspecified atom stereocenters. The van der Waals surface area contributed by atoms with Crippen molar-refractivity contribution in [2.45, 2.75) is 25.7 Å². The minimum Gasteiger partial charge on any atom is -0.356 e. The fourth-order valence-electron chi connectivity index (χ4n) is 3.20. The van der Waals surface area contributed by atoms with E-state index in [1.54, 1.807) is 16.6 Å². The van der Waals surface area contributed by atoms with E-state index >= 15 is 0 Å². The highest BCUT2D eigenvalue weighted by Crippen LogP contribution is 2.14. The van der Waals surface area contributed by atoms with Crippen LogP contribution in [0.1, 0.15) is 24.5 Å². The Morgan fingerprint density at radius 3 is 2.82 bits per heavy atom. The summed E-state index contributed by atoms with van der Waals surface area (Å²) < 4.78 is 3.68. The molecule has 8 nitrogen and oxygen atoms in total. The lowest BCUT2D eigenvalue weighted by molar-refractivity contribution is -0.121. The van der Waals surface area contributed by atoms with Crippen molar-refractivity contribution in [1.82, 2.24) is 34.7 Å². The minimum atomic E-state index is 0.0126. The molecule has 9 heteroatoms. The van der Waals surface area contributed by atoms with Crippen molar-refractivity contribution >= 4 is 34.2 Å². The van der Waals surface area contributed by atoms with Gasteiger partial charge in [-0.3, -0.25) is 4.79 Å². The predicted molar refractivity (Wildman–Crippen MR) is 106 cm³/mol. The number of rotatable bonds is 7. The van der Waals surface area contributed by atoms with E-state index in [1.807, 2.05) is 31.3 Å². The third-order valence-electron chi connectivity index (χ3n) is 4.65. The Bertz CT molecular complexity index is 1130. The zero-order valence-corrected chi connectivity index (χ0v) is 16.2. The molecule has 0 aliphatic carbocycles. The maximum absolute atomic E-state index is 12.1. The Balaban J connectivity index is 1.25. The van der Waals surface area contributed by atoms with Gasteiger partial charge < -0.3 is 9.88 Å². The summed E-state index contributed by atoms with van der Waals surface area (Å²) in [5, 5.41) is 15.7. The zero-order chi connectivity index (χ0) is 19.5. The number of para-hydroxylation sites is 2. The Morgan fingerprint density at radius 1 is 1.11 bits per heavy atom. The van der Waals surface area contributed by atoms with Crippen molar-refractivity contribution in [2.24, 2.45) is 7.05 Å². The van der Waals surface area contributed by atoms with Gasteiger partial charge >= 0.3 is 0 Å². The predicted octanol–water partition coefficient (Wildman–Crippen LogP) is 2.35. The molecule has 4 aromatic rings. The SMILES string of the molecule is Cn1c(CCNC(=O)CCCc2nnc3ccc(Cl)nn23)nc2ccccc21. The fraction of sp³-hybridized carbons (Fsp3) is 0.316. The minimum absolute atomic E-state index is 0.0126. The first kappa shape index (κ1) is 18.4. The van der Waals surface area contributed by atoms with Crippen molar-refractivity contribution < 1.29 is 4.79 Å². The van der Waals surface area contributed by atoms with Gasteiger partial charge in [0.25, 0.3) is 0 Å². The summed E-state index contributed by atoms with van der Waals surface area (Å²) >= 11 is 5.92. The van der Waals surface area contributed by atoms with Crippen LogP contribution in [0.25, 0.3) is 16.7 Å². The van der Waals surface area contributed by atoms with Gasteiger partial charge in [-0.05, 0) is 30.7 Å². The number of aromatic nitrogens is 6. The molecule has 0 spiro atoms. The van der Waals surface area contributed by atoms with E-state index in [-0.39, 0.29) is 5.91 Å². The second kappa shape index (κ2) is 7.93. The van der Waals surface area contributed by atoms with Gasteiger partial charge in [0, 0.05) is 32.9 Å². The molecule has 0 aliphatic rings. The van der Waals surface area contributed by atoms with Crippen molar-refractivity contribution in [3.8, 4) is 0 Å². The largest absolute Gasteiger partial charge is 0.356 e. The highest BCUT2D eigenvalue weighted by atomic mass is 35.5. The maximum Gasteiger partial charge on any atom is 0.220 e. The Hall–Kier alpha value is -3.00. The molecule has 144 valence electrons. The lowest BCUT2D eigenvalue weighted by Gasteiger charge is -2.05. The number of carbonyl (C=O) groups is 1. The molecule has 1 N–H and O–H groups in total. The lowest BCUT2D eigenvalue weighted by atomic mass is 10.2. The van der Waals surface area contributed by atoms with Crippen LogP contribution in [0.3, 0.4) is 0 Å². The van der Waals surface area contributed by atoms with Gasteiger partial charge in [0.2, 0.25) is 5.91 Å². The molecule has 0 radical (unpaired) electrons. The van der Waals surface area contributed by atoms with Crippen LogP contribution in [0.15, 0.2) is 36.4 Å². The smallest absolute Gasteiger partial charge is 0.220 e. The standard InChI is InChI=1S/C19H20ClN7O/c1-26-14-6-3-2-5-13(14)22-16(26)11-12-21-19(28)8-4-7-17-23-24-18-10-9-15(20)25-27(17)18/h2-3,5-6,9-10H,4,7-8,11-12H2,1H3,(H,21,28). The van der Waals surface area contributed by atoms with E-state index in [4.69, 9.17) is 11.6 Å². The van der Waals surface area contributed by atoms with Gasteiger partial charge in [0.05, 0.1) is 11.0 Å². The van der Waals surface area contributed by atoms with Gasteiger partial charge in [-0.2, -0.15) is 9.61 Å². The van der Waals surface area contributed by atoms with Crippen molar-refractivity contribution in [2.75, 3.05) is 6.54 Å². The number of amides is 1. The summed E-state index contributed by atoms with van der Waals surface area (Å²) in [6, 6.07) is 11.4. The quantitative estimate of drug-likeness (QED) is 0.517. The molecule has 0 fully saturated rings. The van der Waals surface area contributed by atoms with Gasteiger partial charge in [-0.25, -0.2) is 4.98 Å². The average Bonchev–Trinajstić information content (AvgIpc) is 3.23. The van der Waals surface area contributed by atoms with Crippen LogP contribution in [0.4, 0.5) is 0 Å². The van der Waals surface area contributed by atoms with Crippen LogP contribution < -0.4 is 5.32 Å². The number of hydrogen-bond acceptors (Lipinski definition) is 5. The second-order valence-corrected chi connectivity index (χ2v) is 6.96. The Labute approximate surface area is 166 Å². The van der Waals surface area contributed by atoms with E-state index in [9.17, 15) is 4.79 Å². The Kier molecular flexibility index (Phi) is 5.21. The lowest BCUT2D eigenvalue weighted by Crippen LogP contribution is -2.26. The summed E-state index contributed by atoms with van der Waals surface area (Å²) in [5.41, 5.74) is 2.71. The van der Waals surface area contributed by atoms with Crippen molar-refractivity contribution in [3.63, 3.8) is 0 Å². The molecule has 3 aromatic heterocycles. The van der Waals surface area contributed by atoms with Gasteiger partial charge in [-0.15, -0.1) is 10.2 Å². The van der Waals surface area contributed by atoms with Crippen LogP contribution in [-0.4, -0.2) is 41.8 Å². The van der Waals surface area contributed by atoms with Crippen LogP contribution in [-0.2, 0) is 24.7 Å². The molecule has 0 aliphatic heterocycles. The number of hydrogen-bond donors (Lipinski definition) is 1. The number of imidazole rings is 1. The molecule has 28 heavy (non-hydrogen) atoms. The van der Waals surface area contributed by atoms with Crippen molar-refractivity contribution in [1.29, 1.82) is 0 Å². The molecular weight excluding hydrogens is 378 g/mol. The van der Waals surface area contributed by atoms with Gasteiger partial charge in [0.1, 0.15) is 11.0 Å². The monoisotopic (exact) mass is 397 g/mol. The molecule has 1 amide bonds. The molecule has 1 aromatic carbocycles. The summed E-state index contributed by atoms with van der Waals surface area (Å²) in [7, 11) is 2.00. The number of nitrogens with zero attached hydrogens (tertiary/aromatic N) is 6. The maximum atomic E-state index is 12.1. The number of fused-ring (bicyclic) bond motifs is 2. The first-order valence-electron chi connectivity index (χ1n) is 9.16. The molecule has 0 saturated heterocycles.